The first-order chi connectivity index (χ1) is 6.75. The fourth-order valence-electron chi connectivity index (χ4n) is 2.18. The van der Waals surface area contributed by atoms with Crippen molar-refractivity contribution in [2.75, 3.05) is 18.0 Å². The minimum Gasteiger partial charge on any atom is -0.371 e. The van der Waals surface area contributed by atoms with Gasteiger partial charge in [0.2, 0.25) is 0 Å². The van der Waals surface area contributed by atoms with Gasteiger partial charge in [0, 0.05) is 18.8 Å². The van der Waals surface area contributed by atoms with Crippen LogP contribution in [0, 0.1) is 12.8 Å². The van der Waals surface area contributed by atoms with E-state index < -0.39 is 0 Å². The molecule has 1 aliphatic heterocycles. The standard InChI is InChI=1S/C13H19N/c1-11-5-7-13(8-6-11)14-9-3-4-12(2)10-14/h5-8,12H,3-4,9-10H2,1-2H3. The average Bonchev–Trinajstić information content (AvgIpc) is 2.19. The zero-order valence-electron chi connectivity index (χ0n) is 9.16. The number of benzene rings is 1. The average molecular weight is 189 g/mol. The lowest BCUT2D eigenvalue weighted by Crippen LogP contribution is -2.34. The van der Waals surface area contributed by atoms with Crippen LogP contribution in [0.25, 0.3) is 0 Å². The molecule has 14 heavy (non-hydrogen) atoms. The molecule has 1 heterocycles. The minimum atomic E-state index is 0.852. The number of rotatable bonds is 1. The Morgan fingerprint density at radius 1 is 1.21 bits per heavy atom. The van der Waals surface area contributed by atoms with Gasteiger partial charge >= 0.3 is 0 Å². The van der Waals surface area contributed by atoms with Crippen LogP contribution in [0.3, 0.4) is 0 Å². The highest BCUT2D eigenvalue weighted by molar-refractivity contribution is 5.47. The van der Waals surface area contributed by atoms with Crippen LogP contribution in [0.5, 0.6) is 0 Å². The van der Waals surface area contributed by atoms with Gasteiger partial charge in [-0.1, -0.05) is 24.6 Å². The van der Waals surface area contributed by atoms with E-state index in [0.717, 1.165) is 5.92 Å². The van der Waals surface area contributed by atoms with Crippen molar-refractivity contribution in [3.05, 3.63) is 29.8 Å². The SMILES string of the molecule is Cc1ccc(N2CCCC(C)C2)cc1. The van der Waals surface area contributed by atoms with Crippen molar-refractivity contribution < 1.29 is 0 Å². The van der Waals surface area contributed by atoms with E-state index >= 15 is 0 Å². The molecule has 1 saturated heterocycles. The summed E-state index contributed by atoms with van der Waals surface area (Å²) in [6, 6.07) is 8.89. The number of nitrogens with zero attached hydrogens (tertiary/aromatic N) is 1. The van der Waals surface area contributed by atoms with Crippen LogP contribution in [-0.2, 0) is 0 Å². The van der Waals surface area contributed by atoms with Gasteiger partial charge < -0.3 is 4.90 Å². The molecule has 1 aliphatic rings. The van der Waals surface area contributed by atoms with Crippen LogP contribution in [-0.4, -0.2) is 13.1 Å². The Balaban J connectivity index is 2.10. The molecule has 1 unspecified atom stereocenters. The van der Waals surface area contributed by atoms with Crippen LogP contribution in [0.2, 0.25) is 0 Å². The van der Waals surface area contributed by atoms with E-state index in [0.29, 0.717) is 0 Å². The Kier molecular flexibility index (Phi) is 2.76. The number of anilines is 1. The second-order valence-corrected chi connectivity index (χ2v) is 4.53. The third kappa shape index (κ3) is 2.09. The van der Waals surface area contributed by atoms with Crippen LogP contribution in [0.15, 0.2) is 24.3 Å². The predicted molar refractivity (Wildman–Crippen MR) is 61.8 cm³/mol. The van der Waals surface area contributed by atoms with Gasteiger partial charge in [0.05, 0.1) is 0 Å². The molecule has 0 aliphatic carbocycles. The van der Waals surface area contributed by atoms with Gasteiger partial charge in [0.1, 0.15) is 0 Å². The summed E-state index contributed by atoms with van der Waals surface area (Å²) in [4.78, 5) is 2.51. The molecule has 0 amide bonds. The molecule has 1 fully saturated rings. The molecule has 1 atom stereocenters. The minimum absolute atomic E-state index is 0.852. The summed E-state index contributed by atoms with van der Waals surface area (Å²) in [6.45, 7) is 6.94. The highest BCUT2D eigenvalue weighted by atomic mass is 15.1. The fraction of sp³-hybridized carbons (Fsp3) is 0.538. The Bertz CT molecular complexity index is 289. The second kappa shape index (κ2) is 4.04. The van der Waals surface area contributed by atoms with E-state index in [9.17, 15) is 0 Å². The van der Waals surface area contributed by atoms with Crippen molar-refractivity contribution in [2.45, 2.75) is 26.7 Å². The zero-order chi connectivity index (χ0) is 9.97. The van der Waals surface area contributed by atoms with Gasteiger partial charge in [-0.3, -0.25) is 0 Å². The number of aryl methyl sites for hydroxylation is 1. The molecule has 1 aromatic rings. The molecule has 0 N–H and O–H groups in total. The van der Waals surface area contributed by atoms with Gasteiger partial charge in [-0.25, -0.2) is 0 Å². The molecule has 0 bridgehead atoms. The molecule has 76 valence electrons. The van der Waals surface area contributed by atoms with E-state index in [2.05, 4.69) is 43.0 Å². The number of hydrogen-bond donors (Lipinski definition) is 0. The summed E-state index contributed by atoms with van der Waals surface area (Å²) >= 11 is 0. The smallest absolute Gasteiger partial charge is 0.0366 e. The van der Waals surface area contributed by atoms with Crippen LogP contribution < -0.4 is 4.90 Å². The lowest BCUT2D eigenvalue weighted by atomic mass is 10.00. The topological polar surface area (TPSA) is 3.24 Å². The lowest BCUT2D eigenvalue weighted by molar-refractivity contribution is 0.447. The number of piperidine rings is 1. The Hall–Kier alpha value is -0.980. The van der Waals surface area contributed by atoms with Crippen molar-refractivity contribution in [3.8, 4) is 0 Å². The number of hydrogen-bond acceptors (Lipinski definition) is 1. The first-order valence-electron chi connectivity index (χ1n) is 5.57. The monoisotopic (exact) mass is 189 g/mol. The highest BCUT2D eigenvalue weighted by Crippen LogP contribution is 2.22. The van der Waals surface area contributed by atoms with Crippen molar-refractivity contribution in [3.63, 3.8) is 0 Å². The van der Waals surface area contributed by atoms with Gasteiger partial charge in [0.25, 0.3) is 0 Å². The molecule has 1 nitrogen and oxygen atoms in total. The van der Waals surface area contributed by atoms with E-state index in [-0.39, 0.29) is 0 Å². The van der Waals surface area contributed by atoms with Gasteiger partial charge in [-0.2, -0.15) is 0 Å². The summed E-state index contributed by atoms with van der Waals surface area (Å²) < 4.78 is 0. The van der Waals surface area contributed by atoms with Gasteiger partial charge in [0.15, 0.2) is 0 Å². The molecular weight excluding hydrogens is 170 g/mol. The molecule has 0 aromatic heterocycles. The quantitative estimate of drug-likeness (QED) is 0.655. The van der Waals surface area contributed by atoms with Crippen molar-refractivity contribution >= 4 is 5.69 Å². The molecule has 1 aromatic carbocycles. The van der Waals surface area contributed by atoms with Crippen LogP contribution >= 0.6 is 0 Å². The maximum absolute atomic E-state index is 2.51. The third-order valence-corrected chi connectivity index (χ3v) is 3.06. The van der Waals surface area contributed by atoms with Crippen LogP contribution in [0.1, 0.15) is 25.3 Å². The fourth-order valence-corrected chi connectivity index (χ4v) is 2.18. The Labute approximate surface area is 86.7 Å². The first-order valence-corrected chi connectivity index (χ1v) is 5.57. The zero-order valence-corrected chi connectivity index (χ0v) is 9.16. The largest absolute Gasteiger partial charge is 0.371 e. The highest BCUT2D eigenvalue weighted by Gasteiger charge is 2.15. The summed E-state index contributed by atoms with van der Waals surface area (Å²) in [7, 11) is 0. The predicted octanol–water partition coefficient (Wildman–Crippen LogP) is 3.23. The van der Waals surface area contributed by atoms with E-state index in [1.807, 2.05) is 0 Å². The molecule has 0 spiro atoms. The maximum atomic E-state index is 2.51. The summed E-state index contributed by atoms with van der Waals surface area (Å²) in [6.07, 6.45) is 2.73. The molecular formula is C13H19N. The Morgan fingerprint density at radius 2 is 1.93 bits per heavy atom. The van der Waals surface area contributed by atoms with E-state index in [1.165, 1.54) is 37.2 Å². The van der Waals surface area contributed by atoms with Crippen molar-refractivity contribution in [1.29, 1.82) is 0 Å². The molecule has 1 heteroatoms. The molecule has 2 rings (SSSR count). The van der Waals surface area contributed by atoms with Gasteiger partial charge in [-0.05, 0) is 37.8 Å². The lowest BCUT2D eigenvalue weighted by Gasteiger charge is -2.32. The first kappa shape index (κ1) is 9.57. The second-order valence-electron chi connectivity index (χ2n) is 4.53. The van der Waals surface area contributed by atoms with Crippen molar-refractivity contribution in [2.24, 2.45) is 5.92 Å². The molecule has 0 radical (unpaired) electrons. The molecule has 0 saturated carbocycles. The summed E-state index contributed by atoms with van der Waals surface area (Å²) in [5.41, 5.74) is 2.74. The third-order valence-electron chi connectivity index (χ3n) is 3.06. The normalized spacial score (nSPS) is 22.4. The van der Waals surface area contributed by atoms with E-state index in [4.69, 9.17) is 0 Å². The van der Waals surface area contributed by atoms with Gasteiger partial charge in [-0.15, -0.1) is 0 Å². The summed E-state index contributed by atoms with van der Waals surface area (Å²) in [5, 5.41) is 0. The van der Waals surface area contributed by atoms with Crippen LogP contribution in [0.4, 0.5) is 5.69 Å². The van der Waals surface area contributed by atoms with Crippen molar-refractivity contribution in [1.82, 2.24) is 0 Å². The maximum Gasteiger partial charge on any atom is 0.0366 e. The Morgan fingerprint density at radius 3 is 2.57 bits per heavy atom. The van der Waals surface area contributed by atoms with E-state index in [1.54, 1.807) is 0 Å². The summed E-state index contributed by atoms with van der Waals surface area (Å²) in [5.74, 6) is 0.852.